The molecule has 2 aromatic heterocycles. The molecular weight excluding hydrogens is 1450 g/mol. The molecule has 0 unspecified atom stereocenters. The molecule has 0 saturated carbocycles. The van der Waals surface area contributed by atoms with E-state index in [0.717, 1.165) is 0 Å². The van der Waals surface area contributed by atoms with Crippen molar-refractivity contribution in [3.63, 3.8) is 0 Å². The molecule has 3 rings (SSSR count). The summed E-state index contributed by atoms with van der Waals surface area (Å²) >= 11 is 4.02. The number of nitrogens with zero attached hydrogens (tertiary/aromatic N) is 4. The second-order valence-electron chi connectivity index (χ2n) is 27.0. The number of aliphatic carboxylic acids is 1. The largest absolute Gasteiger partial charge is 0.480 e. The van der Waals surface area contributed by atoms with Crippen LogP contribution in [0.25, 0.3) is 0 Å². The molecule has 0 radical (unpaired) electrons. The Balaban J connectivity index is 1.69. The zero-order chi connectivity index (χ0) is 81.8. The van der Waals surface area contributed by atoms with E-state index in [1.807, 2.05) is 0 Å². The predicted octanol–water partition coefficient (Wildman–Crippen LogP) is -9.34. The molecule has 26 N–H and O–H groups in total. The molecule has 0 spiro atoms. The van der Waals surface area contributed by atoms with Crippen LogP contribution in [0.4, 0.5) is 0 Å². The van der Waals surface area contributed by atoms with Crippen LogP contribution in [0.3, 0.4) is 0 Å². The highest BCUT2D eigenvalue weighted by atomic mass is 32.1. The number of nitrogens with one attached hydrogen (secondary N) is 16. The van der Waals surface area contributed by atoms with Gasteiger partial charge in [-0.15, -0.1) is 0 Å². The van der Waals surface area contributed by atoms with Crippen LogP contribution in [0.2, 0.25) is 0 Å². The van der Waals surface area contributed by atoms with Gasteiger partial charge in [0, 0.05) is 61.9 Å². The molecule has 2 aromatic rings. The number of aliphatic hydroxyl groups excluding tert-OH is 1. The standard InChI is InChI=1S/C65H106N24O19S/c1-31(2)17-41(56(100)74-23-48(92)79-34(7)53(97)73-24-49(93)81-40(13-14-47(67)91)59(103)88-52(33(5)6)64(108)89-16-10-12-46(89)63(107)76-26-51(95)96)85-58(102)39(11-9-15-72-65(68)69)83-61(105)43(19-36-21-70-29-77-36)82-50(94)25-75-57(101)42(18-32(3)4)86-62(106)45(27-90)87-54(98)35(8)80-60(104)44(20-37-22-71-30-78-37)84-55(99)38(66)28-109/h21-22,29-35,38-46,52,90,109H,9-20,23-28,66H2,1-8H3,(H2,67,91)(H,70,77)(H,71,78)(H,73,97)(H,74,100)(H,75,101)(H,76,107)(H,79,92)(H,80,104)(H,81,93)(H,82,94)(H,83,105)(H,84,99)(H,85,102)(H,86,106)(H,87,98)(H,88,103)(H,95,96)(H4,68,69,72)/t34-,35-,38-,39-,40-,41-,42-,43-,44-,45-,46-,52-/m0/s1. The molecule has 109 heavy (non-hydrogen) atoms. The number of carbonyl (C=O) groups excluding carboxylic acids is 16. The number of hydrogen-bond donors (Lipinski definition) is 23. The fraction of sp³-hybridized carbons (Fsp3) is 0.631. The summed E-state index contributed by atoms with van der Waals surface area (Å²) in [6.07, 6.45) is 4.82. The molecule has 1 fully saturated rings. The fourth-order valence-corrected chi connectivity index (χ4v) is 10.9. The zero-order valence-electron chi connectivity index (χ0n) is 62.1. The number of aromatic nitrogens is 4. The minimum absolute atomic E-state index is 0.0228. The number of imidazole rings is 2. The third kappa shape index (κ3) is 33.7. The molecule has 0 aromatic carbocycles. The second-order valence-corrected chi connectivity index (χ2v) is 27.4. The van der Waals surface area contributed by atoms with Crippen molar-refractivity contribution in [2.24, 2.45) is 45.7 Å². The number of carboxylic acids is 1. The monoisotopic (exact) mass is 1560 g/mol. The number of nitrogens with two attached hydrogens (primary N) is 4. The maximum Gasteiger partial charge on any atom is 0.322 e. The van der Waals surface area contributed by atoms with E-state index in [0.29, 0.717) is 17.8 Å². The lowest BCUT2D eigenvalue weighted by molar-refractivity contribution is -0.143. The molecule has 12 atom stereocenters. The predicted molar refractivity (Wildman–Crippen MR) is 391 cm³/mol. The molecule has 44 heteroatoms. The number of aliphatic hydroxyl groups is 1. The van der Waals surface area contributed by atoms with E-state index in [2.05, 4.69) is 112 Å². The molecule has 606 valence electrons. The lowest BCUT2D eigenvalue weighted by Crippen LogP contribution is -2.59. The minimum atomic E-state index is -1.68. The summed E-state index contributed by atoms with van der Waals surface area (Å²) in [6.45, 7) is 8.74. The van der Waals surface area contributed by atoms with Gasteiger partial charge < -0.3 is 122 Å². The van der Waals surface area contributed by atoms with Crippen LogP contribution in [-0.4, -0.2) is 266 Å². The summed E-state index contributed by atoms with van der Waals surface area (Å²) in [5.74, 6) is -16.7. The number of carbonyl (C=O) groups is 17. The van der Waals surface area contributed by atoms with Crippen LogP contribution in [-0.2, 0) is 94.3 Å². The van der Waals surface area contributed by atoms with Crippen LogP contribution >= 0.6 is 12.6 Å². The number of aliphatic imine (C=N–C) groups is 1. The SMILES string of the molecule is CC(C)C[C@H](NC(=O)[C@H](CO)NC(=O)[C@H](C)NC(=O)[C@H](Cc1cnc[nH]1)NC(=O)[C@@H](N)CS)C(=O)NCC(=O)N[C@@H](Cc1cnc[nH]1)C(=O)N[C@@H](CCCN=C(N)N)C(=O)N[C@@H](CC(C)C)C(=O)NCC(=O)N[C@@H](C)C(=O)NCC(=O)N[C@@H](CCC(N)=O)C(=O)N[C@H](C(=O)N1CCC[C@H]1C(=O)NCC(=O)O)C(C)C. The van der Waals surface area contributed by atoms with Crippen LogP contribution in [0, 0.1) is 17.8 Å². The molecule has 1 aliphatic rings. The number of likely N-dealkylation sites (tertiary alicyclic amines) is 1. The summed E-state index contributed by atoms with van der Waals surface area (Å²) < 4.78 is 0. The summed E-state index contributed by atoms with van der Waals surface area (Å²) in [7, 11) is 0. The van der Waals surface area contributed by atoms with E-state index in [4.69, 9.17) is 28.0 Å². The Hall–Kier alpha value is -11.0. The summed E-state index contributed by atoms with van der Waals surface area (Å²) in [5.41, 5.74) is 23.0. The summed E-state index contributed by atoms with van der Waals surface area (Å²) in [4.78, 5) is 244. The number of hydrogen-bond acceptors (Lipinski definition) is 23. The fourth-order valence-electron chi connectivity index (χ4n) is 10.7. The molecule has 43 nitrogen and oxygen atoms in total. The topological polar surface area (TPSA) is 676 Å². The Morgan fingerprint density at radius 2 is 0.991 bits per heavy atom. The van der Waals surface area contributed by atoms with E-state index < -0.39 is 218 Å². The van der Waals surface area contributed by atoms with Gasteiger partial charge >= 0.3 is 5.97 Å². The minimum Gasteiger partial charge on any atom is -0.480 e. The van der Waals surface area contributed by atoms with Gasteiger partial charge in [-0.2, -0.15) is 12.6 Å². The van der Waals surface area contributed by atoms with Gasteiger partial charge in [-0.05, 0) is 76.5 Å². The number of carboxylic acid groups (broad SMARTS) is 1. The lowest BCUT2D eigenvalue weighted by Gasteiger charge is -2.31. The Labute approximate surface area is 633 Å². The van der Waals surface area contributed by atoms with Gasteiger partial charge in [-0.1, -0.05) is 41.5 Å². The molecular formula is C65H106N24O19S. The van der Waals surface area contributed by atoms with Crippen molar-refractivity contribution in [2.45, 2.75) is 192 Å². The van der Waals surface area contributed by atoms with E-state index in [1.54, 1.807) is 41.5 Å². The van der Waals surface area contributed by atoms with Gasteiger partial charge in [-0.25, -0.2) is 9.97 Å². The van der Waals surface area contributed by atoms with Gasteiger partial charge in [0.2, 0.25) is 94.5 Å². The first-order valence-corrected chi connectivity index (χ1v) is 35.9. The Morgan fingerprint density at radius 1 is 0.541 bits per heavy atom. The molecule has 16 amide bonds. The van der Waals surface area contributed by atoms with E-state index >= 15 is 0 Å². The first kappa shape index (κ1) is 92.2. The number of thiol groups is 1. The molecule has 1 saturated heterocycles. The first-order valence-electron chi connectivity index (χ1n) is 35.2. The molecule has 3 heterocycles. The van der Waals surface area contributed by atoms with Crippen molar-refractivity contribution in [1.82, 2.24) is 99.3 Å². The maximum absolute atomic E-state index is 14.4. The number of guanidine groups is 1. The number of H-pyrrole nitrogens is 2. The highest BCUT2D eigenvalue weighted by Crippen LogP contribution is 2.21. The number of amides is 16. The van der Waals surface area contributed by atoms with Crippen LogP contribution < -0.4 is 97.4 Å². The quantitative estimate of drug-likeness (QED) is 0.0127. The number of primary amides is 1. The summed E-state index contributed by atoms with van der Waals surface area (Å²) in [6, 6.07) is -16.2. The number of rotatable bonds is 48. The third-order valence-electron chi connectivity index (χ3n) is 16.5. The second kappa shape index (κ2) is 46.9. The lowest BCUT2D eigenvalue weighted by atomic mass is 10.0. The Morgan fingerprint density at radius 3 is 1.48 bits per heavy atom. The molecule has 0 aliphatic carbocycles. The van der Waals surface area contributed by atoms with Crippen molar-refractivity contribution in [3.8, 4) is 0 Å². The first-order chi connectivity index (χ1) is 51.3. The van der Waals surface area contributed by atoms with Gasteiger partial charge in [0.15, 0.2) is 5.96 Å². The van der Waals surface area contributed by atoms with Crippen LogP contribution in [0.1, 0.15) is 118 Å². The van der Waals surface area contributed by atoms with E-state index in [1.165, 1.54) is 43.8 Å². The molecule has 1 aliphatic heterocycles. The maximum atomic E-state index is 14.4. The van der Waals surface area contributed by atoms with Crippen molar-refractivity contribution in [2.75, 3.05) is 51.6 Å². The average molecular weight is 1560 g/mol. The highest BCUT2D eigenvalue weighted by molar-refractivity contribution is 7.80. The van der Waals surface area contributed by atoms with Gasteiger partial charge in [0.1, 0.15) is 73.0 Å². The zero-order valence-corrected chi connectivity index (χ0v) is 63.0. The van der Waals surface area contributed by atoms with Crippen LogP contribution in [0.5, 0.6) is 0 Å². The van der Waals surface area contributed by atoms with Gasteiger partial charge in [0.25, 0.3) is 0 Å². The summed E-state index contributed by atoms with van der Waals surface area (Å²) in [5, 5.41) is 53.4. The number of aromatic amines is 2. The third-order valence-corrected chi connectivity index (χ3v) is 16.8. The Bertz CT molecular complexity index is 3490. The van der Waals surface area contributed by atoms with Crippen molar-refractivity contribution < 1.29 is 91.7 Å². The highest BCUT2D eigenvalue weighted by Gasteiger charge is 2.41. The van der Waals surface area contributed by atoms with Gasteiger partial charge in [0.05, 0.1) is 44.9 Å². The average Bonchev–Trinajstić information content (AvgIpc) is 1.73. The Kier molecular flexibility index (Phi) is 39.7. The van der Waals surface area contributed by atoms with Crippen LogP contribution in [0.15, 0.2) is 30.0 Å². The van der Waals surface area contributed by atoms with Crippen molar-refractivity contribution >= 4 is 119 Å². The smallest absolute Gasteiger partial charge is 0.322 e. The van der Waals surface area contributed by atoms with Gasteiger partial charge in [-0.3, -0.25) is 86.5 Å². The van der Waals surface area contributed by atoms with E-state index in [-0.39, 0.29) is 88.0 Å². The van der Waals surface area contributed by atoms with Crippen molar-refractivity contribution in [3.05, 3.63) is 36.4 Å². The van der Waals surface area contributed by atoms with Crippen molar-refractivity contribution in [1.29, 1.82) is 0 Å². The van der Waals surface area contributed by atoms with E-state index in [9.17, 15) is 86.6 Å². The normalized spacial score (nSPS) is 15.5. The molecule has 0 bridgehead atoms.